The zero-order valence-electron chi connectivity index (χ0n) is 9.02. The van der Waals surface area contributed by atoms with E-state index in [0.717, 1.165) is 17.2 Å². The summed E-state index contributed by atoms with van der Waals surface area (Å²) in [5.41, 5.74) is 1.91. The van der Waals surface area contributed by atoms with Crippen LogP contribution < -0.4 is 4.74 Å². The quantitative estimate of drug-likeness (QED) is 0.786. The van der Waals surface area contributed by atoms with E-state index < -0.39 is 5.97 Å². The summed E-state index contributed by atoms with van der Waals surface area (Å²) in [6.45, 7) is 1.78. The summed E-state index contributed by atoms with van der Waals surface area (Å²) in [5.74, 6) is -0.530. The molecule has 0 saturated carbocycles. The molecule has 0 amide bonds. The fraction of sp³-hybridized carbons (Fsp3) is 0.167. The van der Waals surface area contributed by atoms with E-state index in [9.17, 15) is 4.79 Å². The minimum atomic E-state index is -1.01. The molecule has 0 unspecified atom stereocenters. The van der Waals surface area contributed by atoms with E-state index in [0.29, 0.717) is 11.3 Å². The number of methoxy groups -OCH3 is 1. The number of ether oxygens (including phenoxy) is 1. The van der Waals surface area contributed by atoms with E-state index in [-0.39, 0.29) is 0 Å². The van der Waals surface area contributed by atoms with Crippen molar-refractivity contribution in [2.75, 3.05) is 7.11 Å². The zero-order valence-corrected chi connectivity index (χ0v) is 9.02. The molecule has 1 N–H and O–H groups in total. The Hall–Kier alpha value is -2.28. The molecule has 0 radical (unpaired) electrons. The van der Waals surface area contributed by atoms with Gasteiger partial charge in [-0.1, -0.05) is 6.07 Å². The van der Waals surface area contributed by atoms with Crippen LogP contribution in [0.1, 0.15) is 16.7 Å². The van der Waals surface area contributed by atoms with Crippen LogP contribution >= 0.6 is 0 Å². The standard InChI is InChI=1S/C12H11NO3/c1-8-9(5-6-11(14)15)3-4-10(7-13)12(8)16-2/h3-6H,1-2H3,(H,14,15)/b6-5+. The maximum atomic E-state index is 10.4. The van der Waals surface area contributed by atoms with E-state index in [4.69, 9.17) is 15.1 Å². The Labute approximate surface area is 93.4 Å². The Morgan fingerprint density at radius 1 is 1.56 bits per heavy atom. The number of nitrogens with zero attached hydrogens (tertiary/aromatic N) is 1. The minimum absolute atomic E-state index is 0.437. The van der Waals surface area contributed by atoms with Crippen LogP contribution in [0.4, 0.5) is 0 Å². The van der Waals surface area contributed by atoms with Crippen LogP contribution in [0.2, 0.25) is 0 Å². The molecule has 0 aliphatic rings. The average molecular weight is 217 g/mol. The molecule has 16 heavy (non-hydrogen) atoms. The number of carbonyl (C=O) groups is 1. The van der Waals surface area contributed by atoms with E-state index in [2.05, 4.69) is 0 Å². The van der Waals surface area contributed by atoms with Crippen LogP contribution in [0.3, 0.4) is 0 Å². The first kappa shape index (κ1) is 11.8. The number of hydrogen-bond donors (Lipinski definition) is 1. The number of carboxylic acid groups (broad SMARTS) is 1. The number of hydrogen-bond acceptors (Lipinski definition) is 3. The molecule has 82 valence electrons. The van der Waals surface area contributed by atoms with Crippen molar-refractivity contribution >= 4 is 12.0 Å². The monoisotopic (exact) mass is 217 g/mol. The molecule has 1 aromatic carbocycles. The molecule has 1 aromatic rings. The third kappa shape index (κ3) is 2.39. The summed E-state index contributed by atoms with van der Waals surface area (Å²) in [5, 5.41) is 17.4. The van der Waals surface area contributed by atoms with Crippen molar-refractivity contribution in [3.8, 4) is 11.8 Å². The molecule has 0 saturated heterocycles. The first-order chi connectivity index (χ1) is 7.60. The molecule has 0 bridgehead atoms. The van der Waals surface area contributed by atoms with E-state index in [1.54, 1.807) is 19.1 Å². The Morgan fingerprint density at radius 2 is 2.25 bits per heavy atom. The maximum Gasteiger partial charge on any atom is 0.328 e. The second-order valence-corrected chi connectivity index (χ2v) is 3.14. The van der Waals surface area contributed by atoms with Crippen LogP contribution in [0.15, 0.2) is 18.2 Å². The summed E-state index contributed by atoms with van der Waals surface area (Å²) in [4.78, 5) is 10.4. The van der Waals surface area contributed by atoms with Crippen molar-refractivity contribution in [2.45, 2.75) is 6.92 Å². The number of rotatable bonds is 3. The predicted molar refractivity (Wildman–Crippen MR) is 59.1 cm³/mol. The van der Waals surface area contributed by atoms with Crippen molar-refractivity contribution < 1.29 is 14.6 Å². The molecule has 0 aliphatic heterocycles. The summed E-state index contributed by atoms with van der Waals surface area (Å²) in [7, 11) is 1.48. The molecule has 0 fully saturated rings. The van der Waals surface area contributed by atoms with E-state index in [1.807, 2.05) is 6.07 Å². The highest BCUT2D eigenvalue weighted by molar-refractivity contribution is 5.85. The maximum absolute atomic E-state index is 10.4. The van der Waals surface area contributed by atoms with Gasteiger partial charge in [0.2, 0.25) is 0 Å². The third-order valence-corrected chi connectivity index (χ3v) is 2.18. The molecule has 0 heterocycles. The molecule has 1 rings (SSSR count). The summed E-state index contributed by atoms with van der Waals surface area (Å²) in [6, 6.07) is 5.31. The second kappa shape index (κ2) is 4.99. The van der Waals surface area contributed by atoms with Crippen LogP contribution in [-0.4, -0.2) is 18.2 Å². The topological polar surface area (TPSA) is 70.3 Å². The number of nitriles is 1. The Balaban J connectivity index is 3.25. The number of carboxylic acids is 1. The van der Waals surface area contributed by atoms with Gasteiger partial charge in [-0.3, -0.25) is 0 Å². The van der Waals surface area contributed by atoms with Crippen molar-refractivity contribution in [2.24, 2.45) is 0 Å². The van der Waals surface area contributed by atoms with Gasteiger partial charge in [0.05, 0.1) is 12.7 Å². The molecule has 0 aromatic heterocycles. The fourth-order valence-corrected chi connectivity index (χ4v) is 1.40. The first-order valence-electron chi connectivity index (χ1n) is 4.59. The highest BCUT2D eigenvalue weighted by Gasteiger charge is 2.08. The smallest absolute Gasteiger partial charge is 0.328 e. The van der Waals surface area contributed by atoms with Gasteiger partial charge in [-0.25, -0.2) is 4.79 Å². The number of benzene rings is 1. The molecule has 4 heteroatoms. The lowest BCUT2D eigenvalue weighted by molar-refractivity contribution is -0.131. The molecule has 0 atom stereocenters. The van der Waals surface area contributed by atoms with Gasteiger partial charge in [-0.2, -0.15) is 5.26 Å². The van der Waals surface area contributed by atoms with Crippen molar-refractivity contribution in [1.82, 2.24) is 0 Å². The van der Waals surface area contributed by atoms with Crippen LogP contribution in [0.25, 0.3) is 6.08 Å². The predicted octanol–water partition coefficient (Wildman–Crippen LogP) is 1.97. The average Bonchev–Trinajstić information content (AvgIpc) is 2.26. The van der Waals surface area contributed by atoms with Gasteiger partial charge < -0.3 is 9.84 Å². The Kier molecular flexibility index (Phi) is 3.67. The second-order valence-electron chi connectivity index (χ2n) is 3.14. The molecular weight excluding hydrogens is 206 g/mol. The van der Waals surface area contributed by atoms with Gasteiger partial charge in [0.25, 0.3) is 0 Å². The molecule has 4 nitrogen and oxygen atoms in total. The lowest BCUT2D eigenvalue weighted by Gasteiger charge is -2.08. The Bertz CT molecular complexity index is 484. The first-order valence-corrected chi connectivity index (χ1v) is 4.59. The zero-order chi connectivity index (χ0) is 12.1. The third-order valence-electron chi connectivity index (χ3n) is 2.18. The van der Waals surface area contributed by atoms with Crippen molar-refractivity contribution in [1.29, 1.82) is 5.26 Å². The van der Waals surface area contributed by atoms with Gasteiger partial charge >= 0.3 is 5.97 Å². The van der Waals surface area contributed by atoms with Crippen LogP contribution in [0.5, 0.6) is 5.75 Å². The summed E-state index contributed by atoms with van der Waals surface area (Å²) in [6.07, 6.45) is 2.52. The molecule has 0 spiro atoms. The normalized spacial score (nSPS) is 10.1. The highest BCUT2D eigenvalue weighted by atomic mass is 16.5. The lowest BCUT2D eigenvalue weighted by atomic mass is 10.0. The van der Waals surface area contributed by atoms with Crippen molar-refractivity contribution in [3.63, 3.8) is 0 Å². The van der Waals surface area contributed by atoms with Crippen LogP contribution in [0, 0.1) is 18.3 Å². The van der Waals surface area contributed by atoms with Gasteiger partial charge in [0.1, 0.15) is 11.8 Å². The van der Waals surface area contributed by atoms with Gasteiger partial charge in [0.15, 0.2) is 0 Å². The minimum Gasteiger partial charge on any atom is -0.495 e. The van der Waals surface area contributed by atoms with Crippen LogP contribution in [-0.2, 0) is 4.79 Å². The fourth-order valence-electron chi connectivity index (χ4n) is 1.40. The van der Waals surface area contributed by atoms with Gasteiger partial charge in [-0.05, 0) is 30.2 Å². The SMILES string of the molecule is COc1c(C#N)ccc(/C=C/C(=O)O)c1C. The molecular formula is C12H11NO3. The van der Waals surface area contributed by atoms with Gasteiger partial charge in [-0.15, -0.1) is 0 Å². The Morgan fingerprint density at radius 3 is 2.75 bits per heavy atom. The summed E-state index contributed by atoms with van der Waals surface area (Å²) < 4.78 is 5.11. The highest BCUT2D eigenvalue weighted by Crippen LogP contribution is 2.26. The number of aliphatic carboxylic acids is 1. The molecule has 0 aliphatic carbocycles. The van der Waals surface area contributed by atoms with E-state index in [1.165, 1.54) is 13.2 Å². The largest absolute Gasteiger partial charge is 0.495 e. The van der Waals surface area contributed by atoms with Gasteiger partial charge in [0, 0.05) is 6.08 Å². The van der Waals surface area contributed by atoms with Crippen molar-refractivity contribution in [3.05, 3.63) is 34.9 Å². The van der Waals surface area contributed by atoms with E-state index >= 15 is 0 Å². The lowest BCUT2D eigenvalue weighted by Crippen LogP contribution is -1.94. The summed E-state index contributed by atoms with van der Waals surface area (Å²) >= 11 is 0.